The van der Waals surface area contributed by atoms with Crippen LogP contribution in [0.1, 0.15) is 20.8 Å². The summed E-state index contributed by atoms with van der Waals surface area (Å²) in [5.74, 6) is -0.350. The van der Waals surface area contributed by atoms with Crippen molar-refractivity contribution < 1.29 is 13.2 Å². The number of rotatable bonds is 6. The first-order chi connectivity index (χ1) is 12.8. The van der Waals surface area contributed by atoms with Crippen molar-refractivity contribution in [1.82, 2.24) is 4.98 Å². The van der Waals surface area contributed by atoms with E-state index < -0.39 is 10.0 Å². The maximum atomic E-state index is 12.4. The summed E-state index contributed by atoms with van der Waals surface area (Å²) < 4.78 is 26.0. The van der Waals surface area contributed by atoms with E-state index in [0.717, 1.165) is 27.6 Å². The molecule has 0 aliphatic carbocycles. The van der Waals surface area contributed by atoms with Gasteiger partial charge >= 0.3 is 0 Å². The molecule has 0 bridgehead atoms. The van der Waals surface area contributed by atoms with Crippen LogP contribution in [-0.4, -0.2) is 25.6 Å². The van der Waals surface area contributed by atoms with Crippen LogP contribution < -0.4 is 10.0 Å². The molecule has 0 aliphatic heterocycles. The number of anilines is 2. The Labute approximate surface area is 169 Å². The van der Waals surface area contributed by atoms with Crippen molar-refractivity contribution in [3.05, 3.63) is 75.2 Å². The standard InChI is InChI=1S/C18H16BrN3O3S2/c1-27(24,25)22-15-4-2-3-13(10-15)17(23)21-18-20-11-16(26-18)9-12-5-7-14(19)8-6-12/h2-8,10-11,22H,9H2,1H3,(H,20,21,23). The molecule has 3 rings (SSSR count). The topological polar surface area (TPSA) is 88.2 Å². The lowest BCUT2D eigenvalue weighted by molar-refractivity contribution is 0.102. The number of carbonyl (C=O) groups excluding carboxylic acids is 1. The average Bonchev–Trinajstić information content (AvgIpc) is 3.02. The number of hydrogen-bond donors (Lipinski definition) is 2. The molecule has 0 aliphatic rings. The van der Waals surface area contributed by atoms with E-state index in [1.165, 1.54) is 17.4 Å². The number of thiazole rings is 1. The molecular formula is C18H16BrN3O3S2. The highest BCUT2D eigenvalue weighted by molar-refractivity contribution is 9.10. The van der Waals surface area contributed by atoms with Crippen LogP contribution in [0, 0.1) is 0 Å². The van der Waals surface area contributed by atoms with Gasteiger partial charge in [0, 0.05) is 33.2 Å². The largest absolute Gasteiger partial charge is 0.298 e. The summed E-state index contributed by atoms with van der Waals surface area (Å²) in [6, 6.07) is 14.3. The van der Waals surface area contributed by atoms with E-state index >= 15 is 0 Å². The lowest BCUT2D eigenvalue weighted by Gasteiger charge is -2.06. The van der Waals surface area contributed by atoms with Gasteiger partial charge in [0.15, 0.2) is 5.13 Å². The van der Waals surface area contributed by atoms with Crippen LogP contribution >= 0.6 is 27.3 Å². The van der Waals surface area contributed by atoms with Crippen molar-refractivity contribution in [1.29, 1.82) is 0 Å². The molecule has 0 radical (unpaired) electrons. The number of aromatic nitrogens is 1. The van der Waals surface area contributed by atoms with Crippen molar-refractivity contribution in [2.24, 2.45) is 0 Å². The van der Waals surface area contributed by atoms with Crippen molar-refractivity contribution >= 4 is 54.0 Å². The predicted molar refractivity (Wildman–Crippen MR) is 112 cm³/mol. The number of benzene rings is 2. The van der Waals surface area contributed by atoms with Crippen molar-refractivity contribution in [3.63, 3.8) is 0 Å². The lowest BCUT2D eigenvalue weighted by atomic mass is 10.1. The number of amides is 1. The highest BCUT2D eigenvalue weighted by Gasteiger charge is 2.11. The molecule has 9 heteroatoms. The molecular weight excluding hydrogens is 450 g/mol. The summed E-state index contributed by atoms with van der Waals surface area (Å²) in [5, 5.41) is 3.24. The van der Waals surface area contributed by atoms with E-state index in [1.54, 1.807) is 24.4 Å². The van der Waals surface area contributed by atoms with E-state index in [2.05, 4.69) is 31.0 Å². The number of nitrogens with zero attached hydrogens (tertiary/aromatic N) is 1. The summed E-state index contributed by atoms with van der Waals surface area (Å²) in [6.07, 6.45) is 3.53. The zero-order valence-corrected chi connectivity index (χ0v) is 17.5. The van der Waals surface area contributed by atoms with Crippen molar-refractivity contribution in [3.8, 4) is 0 Å². The maximum absolute atomic E-state index is 12.4. The third-order valence-corrected chi connectivity index (χ3v) is 5.54. The van der Waals surface area contributed by atoms with Gasteiger partial charge < -0.3 is 0 Å². The second-order valence-corrected chi connectivity index (χ2v) is 9.62. The van der Waals surface area contributed by atoms with Gasteiger partial charge in [-0.1, -0.05) is 34.1 Å². The van der Waals surface area contributed by atoms with Gasteiger partial charge in [0.2, 0.25) is 10.0 Å². The van der Waals surface area contributed by atoms with Crippen LogP contribution in [0.15, 0.2) is 59.2 Å². The average molecular weight is 466 g/mol. The molecule has 140 valence electrons. The molecule has 0 saturated heterocycles. The number of sulfonamides is 1. The molecule has 0 spiro atoms. The van der Waals surface area contributed by atoms with Gasteiger partial charge in [-0.2, -0.15) is 0 Å². The number of carbonyl (C=O) groups is 1. The molecule has 6 nitrogen and oxygen atoms in total. The Morgan fingerprint density at radius 2 is 1.93 bits per heavy atom. The minimum Gasteiger partial charge on any atom is -0.298 e. The first-order valence-corrected chi connectivity index (χ1v) is 11.4. The van der Waals surface area contributed by atoms with Crippen LogP contribution in [-0.2, 0) is 16.4 Å². The fourth-order valence-corrected chi connectivity index (χ4v) is 4.02. The van der Waals surface area contributed by atoms with Gasteiger partial charge in [-0.15, -0.1) is 11.3 Å². The fourth-order valence-electron chi connectivity index (χ4n) is 2.36. The highest BCUT2D eigenvalue weighted by atomic mass is 79.9. The maximum Gasteiger partial charge on any atom is 0.257 e. The summed E-state index contributed by atoms with van der Waals surface area (Å²) in [4.78, 5) is 17.7. The van der Waals surface area contributed by atoms with Crippen molar-refractivity contribution in [2.75, 3.05) is 16.3 Å². The zero-order chi connectivity index (χ0) is 19.4. The van der Waals surface area contributed by atoms with Crippen molar-refractivity contribution in [2.45, 2.75) is 6.42 Å². The molecule has 1 aromatic heterocycles. The van der Waals surface area contributed by atoms with Gasteiger partial charge in [0.1, 0.15) is 0 Å². The lowest BCUT2D eigenvalue weighted by Crippen LogP contribution is -2.13. The van der Waals surface area contributed by atoms with E-state index in [-0.39, 0.29) is 5.91 Å². The Morgan fingerprint density at radius 1 is 1.19 bits per heavy atom. The van der Waals surface area contributed by atoms with E-state index in [9.17, 15) is 13.2 Å². The first-order valence-electron chi connectivity index (χ1n) is 7.87. The third-order valence-electron chi connectivity index (χ3n) is 3.49. The Bertz CT molecular complexity index is 1060. The molecule has 0 fully saturated rings. The number of halogens is 1. The van der Waals surface area contributed by atoms with Gasteiger partial charge in [-0.05, 0) is 35.9 Å². The monoisotopic (exact) mass is 465 g/mol. The fraction of sp³-hybridized carbons (Fsp3) is 0.111. The van der Waals surface area contributed by atoms with Crippen LogP contribution in [0.25, 0.3) is 0 Å². The molecule has 2 N–H and O–H groups in total. The van der Waals surface area contributed by atoms with E-state index in [0.29, 0.717) is 16.4 Å². The molecule has 3 aromatic rings. The molecule has 0 unspecified atom stereocenters. The smallest absolute Gasteiger partial charge is 0.257 e. The van der Waals surface area contributed by atoms with Crippen LogP contribution in [0.4, 0.5) is 10.8 Å². The highest BCUT2D eigenvalue weighted by Crippen LogP contribution is 2.23. The summed E-state index contributed by atoms with van der Waals surface area (Å²) >= 11 is 4.81. The van der Waals surface area contributed by atoms with Crippen LogP contribution in [0.5, 0.6) is 0 Å². The summed E-state index contributed by atoms with van der Waals surface area (Å²) in [5.41, 5.74) is 1.83. The Hall–Kier alpha value is -2.23. The van der Waals surface area contributed by atoms with Gasteiger partial charge in [0.25, 0.3) is 5.91 Å². The third kappa shape index (κ3) is 5.88. The molecule has 1 amide bonds. The van der Waals surface area contributed by atoms with E-state index in [1.807, 2.05) is 24.3 Å². The van der Waals surface area contributed by atoms with Crippen LogP contribution in [0.3, 0.4) is 0 Å². The second kappa shape index (κ2) is 8.20. The number of hydrogen-bond acceptors (Lipinski definition) is 5. The predicted octanol–water partition coefficient (Wildman–Crippen LogP) is 4.12. The Morgan fingerprint density at radius 3 is 2.63 bits per heavy atom. The molecule has 27 heavy (non-hydrogen) atoms. The quantitative estimate of drug-likeness (QED) is 0.572. The second-order valence-electron chi connectivity index (χ2n) is 5.84. The molecule has 1 heterocycles. The minimum absolute atomic E-state index is 0.334. The summed E-state index contributed by atoms with van der Waals surface area (Å²) in [6.45, 7) is 0. The zero-order valence-electron chi connectivity index (χ0n) is 14.3. The van der Waals surface area contributed by atoms with E-state index in [4.69, 9.17) is 0 Å². The van der Waals surface area contributed by atoms with Gasteiger partial charge in [-0.25, -0.2) is 13.4 Å². The van der Waals surface area contributed by atoms with Gasteiger partial charge in [0.05, 0.1) is 6.26 Å². The molecule has 2 aromatic carbocycles. The number of nitrogens with one attached hydrogen (secondary N) is 2. The summed E-state index contributed by atoms with van der Waals surface area (Å²) in [7, 11) is -3.40. The van der Waals surface area contributed by atoms with Crippen LogP contribution in [0.2, 0.25) is 0 Å². The Balaban J connectivity index is 1.67. The minimum atomic E-state index is -3.40. The molecule has 0 saturated carbocycles. The molecule has 0 atom stereocenters. The van der Waals surface area contributed by atoms with Gasteiger partial charge in [-0.3, -0.25) is 14.8 Å². The normalized spacial score (nSPS) is 11.2. The Kier molecular flexibility index (Phi) is 5.93. The first kappa shape index (κ1) is 19.5. The SMILES string of the molecule is CS(=O)(=O)Nc1cccc(C(=O)Nc2ncc(Cc3ccc(Br)cc3)s2)c1.